The minimum absolute atomic E-state index is 0.0736. The highest BCUT2D eigenvalue weighted by atomic mass is 32.2. The van der Waals surface area contributed by atoms with Crippen LogP contribution in [0.3, 0.4) is 0 Å². The monoisotopic (exact) mass is 452 g/mol. The molecular formula is C22H36N4O4S. The zero-order valence-electron chi connectivity index (χ0n) is 18.7. The number of hydrazone groups is 1. The summed E-state index contributed by atoms with van der Waals surface area (Å²) in [6, 6.07) is -0.442. The summed E-state index contributed by atoms with van der Waals surface area (Å²) in [5, 5.41) is 7.84. The van der Waals surface area contributed by atoms with Crippen LogP contribution in [0.4, 0.5) is 0 Å². The minimum Gasteiger partial charge on any atom is -0.381 e. The van der Waals surface area contributed by atoms with Gasteiger partial charge in [-0.1, -0.05) is 44.4 Å². The van der Waals surface area contributed by atoms with Crippen molar-refractivity contribution in [2.24, 2.45) is 16.9 Å². The maximum absolute atomic E-state index is 13.1. The van der Waals surface area contributed by atoms with E-state index in [9.17, 15) is 14.4 Å². The lowest BCUT2D eigenvalue weighted by molar-refractivity contribution is -0.142. The van der Waals surface area contributed by atoms with Gasteiger partial charge >= 0.3 is 5.91 Å². The quantitative estimate of drug-likeness (QED) is 0.349. The number of nitrogens with zero attached hydrogens (tertiary/aromatic N) is 2. The Morgan fingerprint density at radius 3 is 2.42 bits per heavy atom. The first kappa shape index (κ1) is 24.0. The van der Waals surface area contributed by atoms with Crippen molar-refractivity contribution in [3.8, 4) is 0 Å². The molecule has 8 nitrogen and oxygen atoms in total. The molecule has 0 aromatic rings. The molecular weight excluding hydrogens is 416 g/mol. The molecule has 2 aliphatic heterocycles. The predicted molar refractivity (Wildman–Crippen MR) is 122 cm³/mol. The van der Waals surface area contributed by atoms with E-state index in [2.05, 4.69) is 22.8 Å². The van der Waals surface area contributed by atoms with E-state index >= 15 is 0 Å². The van der Waals surface area contributed by atoms with Gasteiger partial charge in [0.15, 0.2) is 5.17 Å². The molecule has 9 heteroatoms. The van der Waals surface area contributed by atoms with Crippen molar-refractivity contribution in [3.63, 3.8) is 0 Å². The SMILES string of the molecule is CC[C@@H]1CSC(=NNC(=O)C(=O)C(NC(=O)C2CCCCCC2)C2CCOCC2)N1C. The Labute approximate surface area is 189 Å². The molecule has 2 amide bonds. The second-order valence-electron chi connectivity index (χ2n) is 8.81. The van der Waals surface area contributed by atoms with Crippen LogP contribution >= 0.6 is 11.8 Å². The summed E-state index contributed by atoms with van der Waals surface area (Å²) in [4.78, 5) is 40.7. The number of amides is 2. The molecule has 2 atom stereocenters. The number of carbonyl (C=O) groups is 3. The predicted octanol–water partition coefficient (Wildman–Crippen LogP) is 2.28. The first-order valence-electron chi connectivity index (χ1n) is 11.7. The fraction of sp³-hybridized carbons (Fsp3) is 0.818. The topological polar surface area (TPSA) is 100 Å². The molecule has 2 saturated heterocycles. The van der Waals surface area contributed by atoms with Gasteiger partial charge in [0, 0.05) is 38.0 Å². The highest BCUT2D eigenvalue weighted by Gasteiger charge is 2.36. The van der Waals surface area contributed by atoms with Gasteiger partial charge in [0.1, 0.15) is 6.04 Å². The Balaban J connectivity index is 1.65. The summed E-state index contributed by atoms with van der Waals surface area (Å²) in [5.41, 5.74) is 2.44. The number of rotatable bonds is 7. The average Bonchev–Trinajstić information content (AvgIpc) is 2.97. The molecule has 2 N–H and O–H groups in total. The second kappa shape index (κ2) is 11.9. The Morgan fingerprint density at radius 1 is 1.13 bits per heavy atom. The summed E-state index contributed by atoms with van der Waals surface area (Å²) >= 11 is 1.57. The molecule has 0 aromatic heterocycles. The third kappa shape index (κ3) is 6.44. The van der Waals surface area contributed by atoms with E-state index in [1.54, 1.807) is 11.8 Å². The van der Waals surface area contributed by atoms with Crippen LogP contribution in [0.25, 0.3) is 0 Å². The molecule has 1 unspecified atom stereocenters. The largest absolute Gasteiger partial charge is 0.381 e. The molecule has 174 valence electrons. The number of hydrogen-bond acceptors (Lipinski definition) is 6. The van der Waals surface area contributed by atoms with Gasteiger partial charge in [0.25, 0.3) is 0 Å². The molecule has 0 spiro atoms. The summed E-state index contributed by atoms with van der Waals surface area (Å²) in [6.45, 7) is 3.19. The van der Waals surface area contributed by atoms with Crippen molar-refractivity contribution in [1.82, 2.24) is 15.6 Å². The second-order valence-corrected chi connectivity index (χ2v) is 9.80. The molecule has 0 bridgehead atoms. The molecule has 0 radical (unpaired) electrons. The van der Waals surface area contributed by atoms with Crippen LogP contribution in [0, 0.1) is 11.8 Å². The van der Waals surface area contributed by atoms with Crippen LogP contribution in [-0.4, -0.2) is 65.8 Å². The van der Waals surface area contributed by atoms with Crippen molar-refractivity contribution >= 4 is 34.5 Å². The summed E-state index contributed by atoms with van der Waals surface area (Å²) < 4.78 is 5.42. The average molecular weight is 453 g/mol. The lowest BCUT2D eigenvalue weighted by atomic mass is 9.87. The number of Topliss-reactive ketones (excluding diaryl/α,β-unsaturated/α-hetero) is 1. The molecule has 3 fully saturated rings. The van der Waals surface area contributed by atoms with Crippen LogP contribution in [-0.2, 0) is 19.1 Å². The van der Waals surface area contributed by atoms with E-state index in [-0.39, 0.29) is 17.7 Å². The summed E-state index contributed by atoms with van der Waals surface area (Å²) in [7, 11) is 1.94. The van der Waals surface area contributed by atoms with Gasteiger partial charge in [-0.2, -0.15) is 0 Å². The maximum atomic E-state index is 13.1. The number of nitrogens with one attached hydrogen (secondary N) is 2. The van der Waals surface area contributed by atoms with Crippen molar-refractivity contribution < 1.29 is 19.1 Å². The van der Waals surface area contributed by atoms with Crippen molar-refractivity contribution in [2.45, 2.75) is 76.8 Å². The van der Waals surface area contributed by atoms with E-state index < -0.39 is 17.7 Å². The van der Waals surface area contributed by atoms with Gasteiger partial charge in [-0.15, -0.1) is 5.10 Å². The number of thioether (sulfide) groups is 1. The van der Waals surface area contributed by atoms with Crippen LogP contribution in [0.2, 0.25) is 0 Å². The van der Waals surface area contributed by atoms with E-state index in [1.807, 2.05) is 11.9 Å². The van der Waals surface area contributed by atoms with Crippen LogP contribution in [0.15, 0.2) is 5.10 Å². The van der Waals surface area contributed by atoms with Crippen molar-refractivity contribution in [3.05, 3.63) is 0 Å². The number of ketones is 1. The number of carbonyl (C=O) groups excluding carboxylic acids is 3. The standard InChI is InChI=1S/C22H36N4O4S/c1-3-17-14-31-22(26(17)2)25-24-21(29)19(27)18(15-10-12-30-13-11-15)23-20(28)16-8-6-4-5-7-9-16/h15-18H,3-14H2,1-2H3,(H,23,28)(H,24,29)/t17-,18?/m1/s1. The third-order valence-corrected chi connectivity index (χ3v) is 7.93. The van der Waals surface area contributed by atoms with E-state index in [1.165, 1.54) is 0 Å². The van der Waals surface area contributed by atoms with Gasteiger partial charge in [0.2, 0.25) is 11.7 Å². The Bertz CT molecular complexity index is 672. The first-order valence-corrected chi connectivity index (χ1v) is 12.7. The highest BCUT2D eigenvalue weighted by molar-refractivity contribution is 8.14. The Kier molecular flexibility index (Phi) is 9.19. The Hall–Kier alpha value is -1.61. The number of hydrogen-bond donors (Lipinski definition) is 2. The van der Waals surface area contributed by atoms with Crippen LogP contribution in [0.1, 0.15) is 64.7 Å². The maximum Gasteiger partial charge on any atom is 0.309 e. The molecule has 1 saturated carbocycles. The number of amidine groups is 1. The van der Waals surface area contributed by atoms with Gasteiger partial charge < -0.3 is 15.0 Å². The zero-order chi connectivity index (χ0) is 22.2. The van der Waals surface area contributed by atoms with Crippen molar-refractivity contribution in [2.75, 3.05) is 26.0 Å². The molecule has 3 aliphatic rings. The van der Waals surface area contributed by atoms with E-state index in [0.717, 1.165) is 50.7 Å². The third-order valence-electron chi connectivity index (χ3n) is 6.75. The number of ether oxygens (including phenoxy) is 1. The minimum atomic E-state index is -0.822. The zero-order valence-corrected chi connectivity index (χ0v) is 19.5. The fourth-order valence-electron chi connectivity index (χ4n) is 4.60. The molecule has 31 heavy (non-hydrogen) atoms. The van der Waals surface area contributed by atoms with Gasteiger partial charge in [-0.05, 0) is 38.0 Å². The van der Waals surface area contributed by atoms with Gasteiger partial charge in [-0.25, -0.2) is 5.43 Å². The highest BCUT2D eigenvalue weighted by Crippen LogP contribution is 2.26. The van der Waals surface area contributed by atoms with E-state index in [4.69, 9.17) is 4.74 Å². The summed E-state index contributed by atoms with van der Waals surface area (Å²) in [6.07, 6.45) is 8.38. The lowest BCUT2D eigenvalue weighted by Crippen LogP contribution is -2.53. The first-order chi connectivity index (χ1) is 15.0. The molecule has 0 aromatic carbocycles. The van der Waals surface area contributed by atoms with Gasteiger partial charge in [-0.3, -0.25) is 14.4 Å². The van der Waals surface area contributed by atoms with Crippen molar-refractivity contribution in [1.29, 1.82) is 0 Å². The van der Waals surface area contributed by atoms with E-state index in [0.29, 0.717) is 37.3 Å². The van der Waals surface area contributed by atoms with Crippen LogP contribution in [0.5, 0.6) is 0 Å². The Morgan fingerprint density at radius 2 is 1.81 bits per heavy atom. The fourth-order valence-corrected chi connectivity index (χ4v) is 5.86. The smallest absolute Gasteiger partial charge is 0.309 e. The molecule has 3 rings (SSSR count). The van der Waals surface area contributed by atoms with Crippen LogP contribution < -0.4 is 10.7 Å². The summed E-state index contributed by atoms with van der Waals surface area (Å²) in [5.74, 6) is -0.728. The normalized spacial score (nSPS) is 25.8. The molecule has 2 heterocycles. The van der Waals surface area contributed by atoms with Gasteiger partial charge in [0.05, 0.1) is 0 Å². The lowest BCUT2D eigenvalue weighted by Gasteiger charge is -2.30. The molecule has 1 aliphatic carbocycles.